The van der Waals surface area contributed by atoms with E-state index in [2.05, 4.69) is 53.7 Å². The molecule has 2 N–H and O–H groups in total. The summed E-state index contributed by atoms with van der Waals surface area (Å²) in [6.07, 6.45) is 18.1. The molecule has 0 atom stereocenters. The van der Waals surface area contributed by atoms with Crippen molar-refractivity contribution in [3.05, 3.63) is 57.6 Å². The summed E-state index contributed by atoms with van der Waals surface area (Å²) in [7, 11) is 0. The van der Waals surface area contributed by atoms with Crippen molar-refractivity contribution < 1.29 is 10.2 Å². The smallest absolute Gasteiger partial charge is 0.119 e. The maximum absolute atomic E-state index is 11.0. The number of rotatable bonds is 18. The highest BCUT2D eigenvalue weighted by atomic mass is 16.3. The third-order valence-electron chi connectivity index (χ3n) is 8.28. The summed E-state index contributed by atoms with van der Waals surface area (Å²) < 4.78 is 0. The van der Waals surface area contributed by atoms with Crippen LogP contribution in [-0.4, -0.2) is 10.2 Å². The van der Waals surface area contributed by atoms with Crippen LogP contribution in [0.15, 0.2) is 24.3 Å². The minimum absolute atomic E-state index is 0.205. The molecular formula is C35H56O2. The summed E-state index contributed by atoms with van der Waals surface area (Å²) in [5, 5.41) is 21.9. The van der Waals surface area contributed by atoms with Gasteiger partial charge in [0.2, 0.25) is 0 Å². The molecule has 0 radical (unpaired) electrons. The molecule has 2 rings (SSSR count). The second-order valence-electron chi connectivity index (χ2n) is 11.6. The Kier molecular flexibility index (Phi) is 13.6. The van der Waals surface area contributed by atoms with Crippen LogP contribution in [-0.2, 0) is 31.1 Å². The van der Waals surface area contributed by atoms with Crippen molar-refractivity contribution in [3.63, 3.8) is 0 Å². The summed E-state index contributed by atoms with van der Waals surface area (Å²) in [4.78, 5) is 0. The normalized spacial score (nSPS) is 11.8. The van der Waals surface area contributed by atoms with Crippen molar-refractivity contribution in [3.8, 4) is 11.5 Å². The Labute approximate surface area is 228 Å². The Bertz CT molecular complexity index is 865. The van der Waals surface area contributed by atoms with Crippen LogP contribution in [0.25, 0.3) is 0 Å². The fraction of sp³-hybridized carbons (Fsp3) is 0.657. The number of hydrogen-bond acceptors (Lipinski definition) is 2. The second kappa shape index (κ2) is 16.1. The van der Waals surface area contributed by atoms with Gasteiger partial charge in [0.1, 0.15) is 11.5 Å². The fourth-order valence-electron chi connectivity index (χ4n) is 6.01. The van der Waals surface area contributed by atoms with Crippen LogP contribution in [0, 0.1) is 0 Å². The Morgan fingerprint density at radius 1 is 0.459 bits per heavy atom. The summed E-state index contributed by atoms with van der Waals surface area (Å²) in [5.41, 5.74) is 7.59. The lowest BCUT2D eigenvalue weighted by Crippen LogP contribution is -2.24. The monoisotopic (exact) mass is 508 g/mol. The molecule has 0 heterocycles. The molecule has 0 saturated heterocycles. The fourth-order valence-corrected chi connectivity index (χ4v) is 6.01. The van der Waals surface area contributed by atoms with Crippen LogP contribution in [0.1, 0.15) is 152 Å². The van der Waals surface area contributed by atoms with E-state index in [4.69, 9.17) is 0 Å². The number of phenolic OH excluding ortho intramolecular Hbond substituents is 2. The van der Waals surface area contributed by atoms with Crippen LogP contribution in [0.3, 0.4) is 0 Å². The maximum atomic E-state index is 11.0. The van der Waals surface area contributed by atoms with Crippen molar-refractivity contribution in [1.29, 1.82) is 0 Å². The van der Waals surface area contributed by atoms with Crippen LogP contribution in [0.4, 0.5) is 0 Å². The van der Waals surface area contributed by atoms with Gasteiger partial charge in [-0.1, -0.05) is 105 Å². The van der Waals surface area contributed by atoms with Crippen molar-refractivity contribution in [2.24, 2.45) is 0 Å². The van der Waals surface area contributed by atoms with E-state index >= 15 is 0 Å². The van der Waals surface area contributed by atoms with E-state index < -0.39 is 0 Å². The minimum atomic E-state index is -0.205. The first-order valence-corrected chi connectivity index (χ1v) is 15.5. The number of benzene rings is 2. The van der Waals surface area contributed by atoms with Gasteiger partial charge >= 0.3 is 0 Å². The Morgan fingerprint density at radius 3 is 1.05 bits per heavy atom. The highest BCUT2D eigenvalue weighted by molar-refractivity contribution is 5.55. The highest BCUT2D eigenvalue weighted by Gasteiger charge is 2.31. The van der Waals surface area contributed by atoms with E-state index in [1.54, 1.807) is 0 Å². The van der Waals surface area contributed by atoms with Gasteiger partial charge in [0.25, 0.3) is 0 Å². The number of phenols is 2. The molecule has 0 aliphatic carbocycles. The molecule has 2 nitrogen and oxygen atoms in total. The van der Waals surface area contributed by atoms with Gasteiger partial charge < -0.3 is 10.2 Å². The Balaban J connectivity index is 2.66. The van der Waals surface area contributed by atoms with E-state index in [9.17, 15) is 10.2 Å². The first-order valence-electron chi connectivity index (χ1n) is 15.5. The molecule has 0 aromatic heterocycles. The van der Waals surface area contributed by atoms with Gasteiger partial charge in [-0.2, -0.15) is 0 Å². The maximum Gasteiger partial charge on any atom is 0.119 e. The zero-order chi connectivity index (χ0) is 27.3. The standard InChI is InChI=1S/C35H56O2/c1-7-11-15-19-27-29(21-17-13-9-3)33(36)25-23-31(27)35(5,6)32-24-26-34(37)30(22-18-14-10-4)28(32)20-16-12-8-2/h23-26,36-37H,7-22H2,1-6H3. The topological polar surface area (TPSA) is 40.5 Å². The molecule has 0 saturated carbocycles. The largest absolute Gasteiger partial charge is 0.508 e. The lowest BCUT2D eigenvalue weighted by molar-refractivity contribution is 0.461. The molecule has 0 aliphatic heterocycles. The Morgan fingerprint density at radius 2 is 0.757 bits per heavy atom. The molecule has 2 heteroatoms. The number of unbranched alkanes of at least 4 members (excludes halogenated alkanes) is 8. The van der Waals surface area contributed by atoms with Crippen LogP contribution >= 0.6 is 0 Å². The zero-order valence-electron chi connectivity index (χ0n) is 25.0. The van der Waals surface area contributed by atoms with Gasteiger partial charge in [-0.3, -0.25) is 0 Å². The average Bonchev–Trinajstić information content (AvgIpc) is 2.87. The van der Waals surface area contributed by atoms with E-state index in [1.807, 2.05) is 12.1 Å². The third-order valence-corrected chi connectivity index (χ3v) is 8.28. The quantitative estimate of drug-likeness (QED) is 0.197. The number of aromatic hydroxyl groups is 2. The van der Waals surface area contributed by atoms with Gasteiger partial charge in [-0.15, -0.1) is 0 Å². The van der Waals surface area contributed by atoms with Gasteiger partial charge in [0.05, 0.1) is 0 Å². The Hall–Kier alpha value is -1.96. The van der Waals surface area contributed by atoms with Crippen molar-refractivity contribution in [2.45, 2.75) is 150 Å². The minimum Gasteiger partial charge on any atom is -0.508 e. The van der Waals surface area contributed by atoms with Crippen LogP contribution in [0.2, 0.25) is 0 Å². The molecule has 0 spiro atoms. The lowest BCUT2D eigenvalue weighted by Gasteiger charge is -2.33. The summed E-state index contributed by atoms with van der Waals surface area (Å²) in [6, 6.07) is 8.28. The SMILES string of the molecule is CCCCCc1c(O)ccc(C(C)(C)c2ccc(O)c(CCCCC)c2CCCCC)c1CCCCC. The first-order chi connectivity index (χ1) is 17.8. The number of hydrogen-bond donors (Lipinski definition) is 2. The third kappa shape index (κ3) is 8.52. The van der Waals surface area contributed by atoms with E-state index in [0.717, 1.165) is 51.4 Å². The van der Waals surface area contributed by atoms with Gasteiger partial charge in [-0.05, 0) is 96.9 Å². The predicted octanol–water partition coefficient (Wildman–Crippen LogP) is 10.4. The molecule has 0 unspecified atom stereocenters. The van der Waals surface area contributed by atoms with Gasteiger partial charge in [-0.25, -0.2) is 0 Å². The van der Waals surface area contributed by atoms with Crippen molar-refractivity contribution in [2.75, 3.05) is 0 Å². The molecule has 208 valence electrons. The highest BCUT2D eigenvalue weighted by Crippen LogP contribution is 2.42. The van der Waals surface area contributed by atoms with Gasteiger partial charge in [0, 0.05) is 5.41 Å². The van der Waals surface area contributed by atoms with E-state index in [-0.39, 0.29) is 5.41 Å². The van der Waals surface area contributed by atoms with Crippen LogP contribution in [0.5, 0.6) is 11.5 Å². The lowest BCUT2D eigenvalue weighted by atomic mass is 9.71. The molecule has 37 heavy (non-hydrogen) atoms. The molecule has 0 aliphatic rings. The second-order valence-corrected chi connectivity index (χ2v) is 11.6. The summed E-state index contributed by atoms with van der Waals surface area (Å²) in [6.45, 7) is 13.7. The predicted molar refractivity (Wildman–Crippen MR) is 161 cm³/mol. The molecule has 0 fully saturated rings. The summed E-state index contributed by atoms with van der Waals surface area (Å²) in [5.74, 6) is 0.938. The first kappa shape index (κ1) is 31.3. The molecule has 0 bridgehead atoms. The van der Waals surface area contributed by atoms with Gasteiger partial charge in [0.15, 0.2) is 0 Å². The summed E-state index contributed by atoms with van der Waals surface area (Å²) >= 11 is 0. The molecule has 2 aromatic rings. The average molecular weight is 509 g/mol. The van der Waals surface area contributed by atoms with E-state index in [0.29, 0.717) is 11.5 Å². The molecular weight excluding hydrogens is 452 g/mol. The van der Waals surface area contributed by atoms with Crippen LogP contribution < -0.4 is 0 Å². The molecule has 0 amide bonds. The molecule has 2 aromatic carbocycles. The zero-order valence-corrected chi connectivity index (χ0v) is 25.0. The van der Waals surface area contributed by atoms with Crippen molar-refractivity contribution >= 4 is 0 Å². The van der Waals surface area contributed by atoms with E-state index in [1.165, 1.54) is 84.7 Å². The van der Waals surface area contributed by atoms with Crippen molar-refractivity contribution in [1.82, 2.24) is 0 Å².